The molecule has 1 fully saturated rings. The van der Waals surface area contributed by atoms with Crippen molar-refractivity contribution in [2.45, 2.75) is 16.1 Å². The van der Waals surface area contributed by atoms with Crippen molar-refractivity contribution in [2.75, 3.05) is 0 Å². The third-order valence-electron chi connectivity index (χ3n) is 3.79. The number of sulfone groups is 1. The molecule has 0 saturated heterocycles. The van der Waals surface area contributed by atoms with Crippen LogP contribution < -0.4 is 0 Å². The molecule has 2 aromatic rings. The van der Waals surface area contributed by atoms with E-state index in [9.17, 15) is 13.7 Å². The van der Waals surface area contributed by atoms with E-state index in [-0.39, 0.29) is 10.8 Å². The Balaban J connectivity index is 1.96. The minimum absolute atomic E-state index is 0.242. The molecule has 21 heavy (non-hydrogen) atoms. The van der Waals surface area contributed by atoms with Crippen LogP contribution in [0.2, 0.25) is 0 Å². The van der Waals surface area contributed by atoms with Crippen molar-refractivity contribution < 1.29 is 8.42 Å². The summed E-state index contributed by atoms with van der Waals surface area (Å²) >= 11 is 3.36. The first kappa shape index (κ1) is 14.3. The Labute approximate surface area is 132 Å². The number of halogens is 1. The van der Waals surface area contributed by atoms with Crippen LogP contribution in [0.1, 0.15) is 11.5 Å². The average Bonchev–Trinajstić information content (AvgIpc) is 3.24. The first-order valence-corrected chi connectivity index (χ1v) is 8.83. The van der Waals surface area contributed by atoms with E-state index < -0.39 is 21.0 Å². The van der Waals surface area contributed by atoms with Gasteiger partial charge in [-0.2, -0.15) is 5.26 Å². The lowest BCUT2D eigenvalue weighted by Crippen LogP contribution is -2.10. The van der Waals surface area contributed by atoms with Crippen molar-refractivity contribution in [1.29, 1.82) is 5.26 Å². The lowest BCUT2D eigenvalue weighted by Gasteiger charge is -2.03. The van der Waals surface area contributed by atoms with Gasteiger partial charge in [0.05, 0.1) is 22.1 Å². The highest BCUT2D eigenvalue weighted by molar-refractivity contribution is 9.10. The van der Waals surface area contributed by atoms with Crippen LogP contribution >= 0.6 is 15.9 Å². The van der Waals surface area contributed by atoms with Gasteiger partial charge >= 0.3 is 0 Å². The second-order valence-corrected chi connectivity index (χ2v) is 8.08. The van der Waals surface area contributed by atoms with Gasteiger partial charge < -0.3 is 0 Å². The molecule has 0 bridgehead atoms. The predicted molar refractivity (Wildman–Crippen MR) is 83.4 cm³/mol. The molecule has 0 aliphatic heterocycles. The fourth-order valence-electron chi connectivity index (χ4n) is 2.67. The minimum Gasteiger partial charge on any atom is -0.223 e. The molecule has 0 aromatic heterocycles. The van der Waals surface area contributed by atoms with Gasteiger partial charge in [0.25, 0.3) is 0 Å². The Hall–Kier alpha value is -1.64. The summed E-state index contributed by atoms with van der Waals surface area (Å²) in [6.07, 6.45) is 0. The first-order chi connectivity index (χ1) is 10.1. The zero-order valence-corrected chi connectivity index (χ0v) is 13.4. The maximum atomic E-state index is 12.7. The number of benzene rings is 2. The van der Waals surface area contributed by atoms with Gasteiger partial charge in [0, 0.05) is 10.4 Å². The number of hydrogen-bond acceptors (Lipinski definition) is 3. The summed E-state index contributed by atoms with van der Waals surface area (Å²) in [4.78, 5) is 0.287. The van der Waals surface area contributed by atoms with Crippen molar-refractivity contribution >= 4 is 25.8 Å². The summed E-state index contributed by atoms with van der Waals surface area (Å²) in [6.45, 7) is 0. The Morgan fingerprint density at radius 3 is 2.19 bits per heavy atom. The SMILES string of the molecule is N#C[C@@H]1[C@H](c2ccc(Br)cc2)[C@H]1S(=O)(=O)c1ccccc1. The van der Waals surface area contributed by atoms with Crippen LogP contribution in [0.15, 0.2) is 64.0 Å². The van der Waals surface area contributed by atoms with E-state index >= 15 is 0 Å². The van der Waals surface area contributed by atoms with E-state index in [1.54, 1.807) is 30.3 Å². The molecule has 1 aliphatic carbocycles. The lowest BCUT2D eigenvalue weighted by molar-refractivity contribution is 0.593. The predicted octanol–water partition coefficient (Wildman–Crippen LogP) is 3.53. The molecule has 0 unspecified atom stereocenters. The number of rotatable bonds is 3. The Bertz CT molecular complexity index is 794. The summed E-state index contributed by atoms with van der Waals surface area (Å²) in [5.74, 6) is -0.718. The normalized spacial score (nSPS) is 24.3. The van der Waals surface area contributed by atoms with Gasteiger partial charge in [-0.3, -0.25) is 0 Å². The summed E-state index contributed by atoms with van der Waals surface area (Å²) in [6, 6.07) is 18.0. The molecule has 3 rings (SSSR count). The maximum Gasteiger partial charge on any atom is 0.183 e. The monoisotopic (exact) mass is 361 g/mol. The molecule has 0 spiro atoms. The maximum absolute atomic E-state index is 12.7. The molecular weight excluding hydrogens is 350 g/mol. The average molecular weight is 362 g/mol. The summed E-state index contributed by atoms with van der Waals surface area (Å²) < 4.78 is 26.2. The lowest BCUT2D eigenvalue weighted by atomic mass is 10.1. The van der Waals surface area contributed by atoms with Crippen molar-refractivity contribution in [2.24, 2.45) is 5.92 Å². The second kappa shape index (κ2) is 5.28. The molecule has 2 aromatic carbocycles. The van der Waals surface area contributed by atoms with E-state index in [0.717, 1.165) is 10.0 Å². The van der Waals surface area contributed by atoms with Crippen molar-refractivity contribution in [3.8, 4) is 6.07 Å². The molecule has 1 saturated carbocycles. The minimum atomic E-state index is -3.47. The molecule has 0 N–H and O–H groups in total. The molecule has 0 amide bonds. The molecule has 5 heteroatoms. The zero-order chi connectivity index (χ0) is 15.0. The molecule has 1 aliphatic rings. The molecule has 3 atom stereocenters. The van der Waals surface area contributed by atoms with Crippen LogP contribution in [-0.2, 0) is 9.84 Å². The molecular formula is C16H12BrNO2S. The van der Waals surface area contributed by atoms with Crippen LogP contribution in [0.4, 0.5) is 0 Å². The van der Waals surface area contributed by atoms with Gasteiger partial charge in [-0.15, -0.1) is 0 Å². The third-order valence-corrected chi connectivity index (χ3v) is 6.55. The number of nitriles is 1. The van der Waals surface area contributed by atoms with Gasteiger partial charge in [0.1, 0.15) is 0 Å². The highest BCUT2D eigenvalue weighted by atomic mass is 79.9. The summed E-state index contributed by atoms with van der Waals surface area (Å²) in [5.41, 5.74) is 0.897. The van der Waals surface area contributed by atoms with Crippen LogP contribution in [0.3, 0.4) is 0 Å². The zero-order valence-electron chi connectivity index (χ0n) is 11.0. The standard InChI is InChI=1S/C16H12BrNO2S/c17-12-8-6-11(7-9-12)15-14(10-18)16(15)21(19,20)13-4-2-1-3-5-13/h1-9,14-16H/t14-,15+,16+/m1/s1. The fourth-order valence-corrected chi connectivity index (χ4v) is 5.03. The van der Waals surface area contributed by atoms with Crippen molar-refractivity contribution in [1.82, 2.24) is 0 Å². The van der Waals surface area contributed by atoms with E-state index in [0.29, 0.717) is 0 Å². The van der Waals surface area contributed by atoms with Gasteiger partial charge in [0.15, 0.2) is 9.84 Å². The van der Waals surface area contributed by atoms with Crippen LogP contribution in [0.25, 0.3) is 0 Å². The van der Waals surface area contributed by atoms with Gasteiger partial charge in [-0.1, -0.05) is 46.3 Å². The van der Waals surface area contributed by atoms with E-state index in [2.05, 4.69) is 22.0 Å². The molecule has 0 radical (unpaired) electrons. The summed E-state index contributed by atoms with van der Waals surface area (Å²) in [5, 5.41) is 8.60. The largest absolute Gasteiger partial charge is 0.223 e. The van der Waals surface area contributed by atoms with Gasteiger partial charge in [-0.25, -0.2) is 8.42 Å². The van der Waals surface area contributed by atoms with E-state index in [4.69, 9.17) is 0 Å². The smallest absolute Gasteiger partial charge is 0.183 e. The van der Waals surface area contributed by atoms with E-state index in [1.165, 1.54) is 0 Å². The summed E-state index contributed by atoms with van der Waals surface area (Å²) in [7, 11) is -3.47. The highest BCUT2D eigenvalue weighted by Crippen LogP contribution is 2.53. The van der Waals surface area contributed by atoms with Crippen molar-refractivity contribution in [3.63, 3.8) is 0 Å². The first-order valence-electron chi connectivity index (χ1n) is 6.50. The molecule has 3 nitrogen and oxygen atoms in total. The Kier molecular flexibility index (Phi) is 3.60. The number of hydrogen-bond donors (Lipinski definition) is 0. The van der Waals surface area contributed by atoms with Crippen LogP contribution in [0.5, 0.6) is 0 Å². The quantitative estimate of drug-likeness (QED) is 0.839. The molecule has 106 valence electrons. The Morgan fingerprint density at radius 1 is 1.00 bits per heavy atom. The van der Waals surface area contributed by atoms with E-state index in [1.807, 2.05) is 24.3 Å². The number of nitrogens with zero attached hydrogens (tertiary/aromatic N) is 1. The molecule has 0 heterocycles. The second-order valence-electron chi connectivity index (χ2n) is 5.05. The van der Waals surface area contributed by atoms with Crippen LogP contribution in [-0.4, -0.2) is 13.7 Å². The third kappa shape index (κ3) is 2.50. The van der Waals surface area contributed by atoms with Gasteiger partial charge in [-0.05, 0) is 29.8 Å². The van der Waals surface area contributed by atoms with Gasteiger partial charge in [0.2, 0.25) is 0 Å². The topological polar surface area (TPSA) is 57.9 Å². The Morgan fingerprint density at radius 2 is 1.62 bits per heavy atom. The van der Waals surface area contributed by atoms with Crippen LogP contribution in [0, 0.1) is 17.2 Å². The van der Waals surface area contributed by atoms with Crippen molar-refractivity contribution in [3.05, 3.63) is 64.6 Å². The highest BCUT2D eigenvalue weighted by Gasteiger charge is 2.59. The fraction of sp³-hybridized carbons (Fsp3) is 0.188.